The average Bonchev–Trinajstić information content (AvgIpc) is 3.33. The molecule has 1 fully saturated rings. The number of nitrogens with zero attached hydrogens (tertiary/aromatic N) is 2. The largest absolute Gasteiger partial charge is 0.447 e. The van der Waals surface area contributed by atoms with E-state index in [1.165, 1.54) is 0 Å². The van der Waals surface area contributed by atoms with Crippen LogP contribution in [0.3, 0.4) is 0 Å². The van der Waals surface area contributed by atoms with E-state index in [1.54, 1.807) is 0 Å². The van der Waals surface area contributed by atoms with Crippen molar-refractivity contribution in [1.82, 2.24) is 15.5 Å². The standard InChI is InChI=1S/C18H11F5N4O3/c19-11-5-10(15-26-27-16(30-15)14-7-29-17(28)25-14)13(6-12(11)20)24-9-3-1-8(2-4-9)18(21,22)23/h1-6,14,24H,7H2,(H,25,28)/t14-/m0/s1. The Bertz CT molecular complexity index is 1100. The molecule has 3 aromatic rings. The van der Waals surface area contributed by atoms with Gasteiger partial charge >= 0.3 is 12.3 Å². The van der Waals surface area contributed by atoms with Crippen LogP contribution in [0.1, 0.15) is 17.5 Å². The summed E-state index contributed by atoms with van der Waals surface area (Å²) in [7, 11) is 0. The summed E-state index contributed by atoms with van der Waals surface area (Å²) in [6.45, 7) is -0.0467. The van der Waals surface area contributed by atoms with Gasteiger partial charge in [-0.1, -0.05) is 0 Å². The number of ether oxygens (including phenoxy) is 1. The van der Waals surface area contributed by atoms with Gasteiger partial charge in [-0.3, -0.25) is 0 Å². The molecule has 1 aromatic heterocycles. The summed E-state index contributed by atoms with van der Waals surface area (Å²) in [6.07, 6.45) is -5.18. The van der Waals surface area contributed by atoms with E-state index in [2.05, 4.69) is 20.8 Å². The zero-order valence-corrected chi connectivity index (χ0v) is 14.8. The number of nitrogens with one attached hydrogen (secondary N) is 2. The summed E-state index contributed by atoms with van der Waals surface area (Å²) in [5.41, 5.74) is -0.722. The smallest absolute Gasteiger partial charge is 0.416 e. The van der Waals surface area contributed by atoms with Crippen LogP contribution >= 0.6 is 0 Å². The van der Waals surface area contributed by atoms with Crippen LogP contribution in [0, 0.1) is 11.6 Å². The van der Waals surface area contributed by atoms with Gasteiger partial charge in [0.25, 0.3) is 0 Å². The first-order chi connectivity index (χ1) is 14.2. The highest BCUT2D eigenvalue weighted by atomic mass is 19.4. The second-order valence-electron chi connectivity index (χ2n) is 6.25. The van der Waals surface area contributed by atoms with Gasteiger partial charge in [0, 0.05) is 11.8 Å². The quantitative estimate of drug-likeness (QED) is 0.595. The number of amides is 1. The number of carbonyl (C=O) groups is 1. The molecule has 1 atom stereocenters. The molecule has 0 aliphatic carbocycles. The predicted octanol–water partition coefficient (Wildman–Crippen LogP) is 4.56. The Morgan fingerprint density at radius 1 is 1.07 bits per heavy atom. The van der Waals surface area contributed by atoms with Crippen LogP contribution < -0.4 is 10.6 Å². The highest BCUT2D eigenvalue weighted by Crippen LogP contribution is 2.34. The molecule has 1 aliphatic rings. The molecule has 1 amide bonds. The van der Waals surface area contributed by atoms with Gasteiger partial charge in [-0.05, 0) is 30.3 Å². The summed E-state index contributed by atoms with van der Waals surface area (Å²) < 4.78 is 75.9. The zero-order valence-electron chi connectivity index (χ0n) is 14.8. The normalized spacial score (nSPS) is 16.3. The molecule has 0 bridgehead atoms. The molecule has 1 saturated heterocycles. The third kappa shape index (κ3) is 3.88. The van der Waals surface area contributed by atoms with Gasteiger partial charge in [-0.25, -0.2) is 13.6 Å². The first kappa shape index (κ1) is 19.6. The van der Waals surface area contributed by atoms with Crippen LogP contribution in [0.4, 0.5) is 38.1 Å². The summed E-state index contributed by atoms with van der Waals surface area (Å²) >= 11 is 0. The fourth-order valence-corrected chi connectivity index (χ4v) is 2.73. The minimum Gasteiger partial charge on any atom is -0.447 e. The van der Waals surface area contributed by atoms with Gasteiger partial charge in [0.05, 0.1) is 16.8 Å². The number of benzene rings is 2. The summed E-state index contributed by atoms with van der Waals surface area (Å²) in [4.78, 5) is 11.1. The number of rotatable bonds is 4. The topological polar surface area (TPSA) is 89.3 Å². The van der Waals surface area contributed by atoms with Crippen molar-refractivity contribution in [1.29, 1.82) is 0 Å². The van der Waals surface area contributed by atoms with Crippen molar-refractivity contribution in [3.8, 4) is 11.5 Å². The lowest BCUT2D eigenvalue weighted by Gasteiger charge is -2.12. The van der Waals surface area contributed by atoms with E-state index in [-0.39, 0.29) is 35.3 Å². The summed E-state index contributed by atoms with van der Waals surface area (Å²) in [5, 5.41) is 12.7. The van der Waals surface area contributed by atoms with Gasteiger partial charge < -0.3 is 19.8 Å². The van der Waals surface area contributed by atoms with Crippen molar-refractivity contribution < 1.29 is 35.9 Å². The molecule has 1 aliphatic heterocycles. The van der Waals surface area contributed by atoms with E-state index < -0.39 is 35.5 Å². The van der Waals surface area contributed by atoms with Crippen molar-refractivity contribution in [2.75, 3.05) is 11.9 Å². The number of aromatic nitrogens is 2. The van der Waals surface area contributed by atoms with Gasteiger partial charge in [-0.2, -0.15) is 13.2 Å². The van der Waals surface area contributed by atoms with Crippen LogP contribution in [0.15, 0.2) is 40.8 Å². The minimum absolute atomic E-state index is 0.0129. The number of hydrogen-bond donors (Lipinski definition) is 2. The first-order valence-corrected chi connectivity index (χ1v) is 8.41. The summed E-state index contributed by atoms with van der Waals surface area (Å²) in [5.74, 6) is -2.59. The molecule has 0 radical (unpaired) electrons. The number of anilines is 2. The molecule has 2 aromatic carbocycles. The van der Waals surface area contributed by atoms with Crippen LogP contribution in [0.2, 0.25) is 0 Å². The number of halogens is 5. The Hall–Kier alpha value is -3.70. The monoisotopic (exact) mass is 426 g/mol. The van der Waals surface area contributed by atoms with Crippen molar-refractivity contribution in [3.63, 3.8) is 0 Å². The lowest BCUT2D eigenvalue weighted by molar-refractivity contribution is -0.137. The maximum atomic E-state index is 13.8. The van der Waals surface area contributed by atoms with E-state index in [1.807, 2.05) is 0 Å². The number of alkyl carbamates (subject to hydrolysis) is 1. The van der Waals surface area contributed by atoms with Gasteiger partial charge in [0.1, 0.15) is 12.6 Å². The molecule has 2 N–H and O–H groups in total. The lowest BCUT2D eigenvalue weighted by Crippen LogP contribution is -2.18. The maximum Gasteiger partial charge on any atom is 0.416 e. The molecule has 0 spiro atoms. The van der Waals surface area contributed by atoms with E-state index in [9.17, 15) is 26.7 Å². The molecule has 7 nitrogen and oxygen atoms in total. The third-order valence-electron chi connectivity index (χ3n) is 4.19. The van der Waals surface area contributed by atoms with E-state index >= 15 is 0 Å². The Balaban J connectivity index is 1.65. The van der Waals surface area contributed by atoms with Gasteiger partial charge in [0.2, 0.25) is 11.8 Å². The lowest BCUT2D eigenvalue weighted by atomic mass is 10.1. The third-order valence-corrected chi connectivity index (χ3v) is 4.19. The van der Waals surface area contributed by atoms with E-state index in [0.717, 1.165) is 36.4 Å². The Labute approximate surface area is 164 Å². The average molecular weight is 426 g/mol. The fraction of sp³-hybridized carbons (Fsp3) is 0.167. The first-order valence-electron chi connectivity index (χ1n) is 8.41. The summed E-state index contributed by atoms with van der Waals surface area (Å²) in [6, 6.07) is 4.88. The molecular formula is C18H11F5N4O3. The van der Waals surface area contributed by atoms with Crippen LogP contribution in [0.5, 0.6) is 0 Å². The van der Waals surface area contributed by atoms with Crippen molar-refractivity contribution >= 4 is 17.5 Å². The fourth-order valence-electron chi connectivity index (χ4n) is 2.73. The van der Waals surface area contributed by atoms with Gasteiger partial charge in [-0.15, -0.1) is 10.2 Å². The van der Waals surface area contributed by atoms with Crippen molar-refractivity contribution in [2.24, 2.45) is 0 Å². The minimum atomic E-state index is -4.51. The Morgan fingerprint density at radius 3 is 2.40 bits per heavy atom. The van der Waals surface area contributed by atoms with Crippen LogP contribution in [-0.4, -0.2) is 22.9 Å². The Kier molecular flexibility index (Phi) is 4.76. The molecular weight excluding hydrogens is 415 g/mol. The second kappa shape index (κ2) is 7.28. The van der Waals surface area contributed by atoms with Crippen LogP contribution in [0.25, 0.3) is 11.5 Å². The second-order valence-corrected chi connectivity index (χ2v) is 6.25. The SMILES string of the molecule is O=C1N[C@H](c2nnc(-c3cc(F)c(F)cc3Nc3ccc(C(F)(F)F)cc3)o2)CO1. The zero-order chi connectivity index (χ0) is 21.5. The van der Waals surface area contributed by atoms with Gasteiger partial charge in [0.15, 0.2) is 11.6 Å². The molecule has 0 saturated carbocycles. The number of cyclic esters (lactones) is 1. The number of carbonyl (C=O) groups excluding carboxylic acids is 1. The van der Waals surface area contributed by atoms with E-state index in [0.29, 0.717) is 0 Å². The highest BCUT2D eigenvalue weighted by Gasteiger charge is 2.31. The van der Waals surface area contributed by atoms with Crippen molar-refractivity contribution in [2.45, 2.75) is 12.2 Å². The predicted molar refractivity (Wildman–Crippen MR) is 91.6 cm³/mol. The number of alkyl halides is 3. The van der Waals surface area contributed by atoms with Crippen molar-refractivity contribution in [3.05, 3.63) is 59.5 Å². The molecule has 30 heavy (non-hydrogen) atoms. The molecule has 0 unspecified atom stereocenters. The molecule has 12 heteroatoms. The molecule has 2 heterocycles. The van der Waals surface area contributed by atoms with Crippen LogP contribution in [-0.2, 0) is 10.9 Å². The Morgan fingerprint density at radius 2 is 1.77 bits per heavy atom. The molecule has 156 valence electrons. The molecule has 4 rings (SSSR count). The highest BCUT2D eigenvalue weighted by molar-refractivity contribution is 5.77. The van der Waals surface area contributed by atoms with E-state index in [4.69, 9.17) is 9.15 Å². The number of hydrogen-bond acceptors (Lipinski definition) is 6. The maximum absolute atomic E-state index is 13.8.